The fourth-order valence-electron chi connectivity index (χ4n) is 3.66. The first-order chi connectivity index (χ1) is 14.5. The first-order valence-electron chi connectivity index (χ1n) is 9.83. The van der Waals surface area contributed by atoms with Crippen LogP contribution < -0.4 is 5.32 Å². The third-order valence-electron chi connectivity index (χ3n) is 5.26. The van der Waals surface area contributed by atoms with Crippen molar-refractivity contribution in [3.8, 4) is 0 Å². The molecule has 1 aliphatic heterocycles. The number of amides is 2. The van der Waals surface area contributed by atoms with Crippen LogP contribution in [0.4, 0.5) is 5.82 Å². The maximum atomic E-state index is 12.7. The molecule has 0 radical (unpaired) electrons. The first-order valence-corrected chi connectivity index (χ1v) is 11.2. The standard InChI is InChI=1S/C22H22ClN3O3S/c1-14-12-19(25-29-14)24-22(28)16-8-10-26(11-9-16)20(27)13-30-18-7-3-5-15-4-2-6-17(23)21(15)18/h2-7,12,16H,8-11,13H2,1H3,(H,24,25,28). The Bertz CT molecular complexity index is 1070. The Morgan fingerprint density at radius 1 is 1.23 bits per heavy atom. The van der Waals surface area contributed by atoms with E-state index < -0.39 is 0 Å². The zero-order chi connectivity index (χ0) is 21.1. The van der Waals surface area contributed by atoms with Gasteiger partial charge in [0.15, 0.2) is 5.82 Å². The summed E-state index contributed by atoms with van der Waals surface area (Å²) in [6, 6.07) is 13.5. The molecule has 3 aromatic rings. The summed E-state index contributed by atoms with van der Waals surface area (Å²) in [4.78, 5) is 28.0. The van der Waals surface area contributed by atoms with Gasteiger partial charge in [0.05, 0.1) is 5.75 Å². The van der Waals surface area contributed by atoms with Gasteiger partial charge in [0.2, 0.25) is 11.8 Å². The predicted molar refractivity (Wildman–Crippen MR) is 119 cm³/mol. The summed E-state index contributed by atoms with van der Waals surface area (Å²) in [6.07, 6.45) is 1.28. The molecule has 1 saturated heterocycles. The second-order valence-electron chi connectivity index (χ2n) is 7.35. The van der Waals surface area contributed by atoms with Gasteiger partial charge in [-0.15, -0.1) is 11.8 Å². The van der Waals surface area contributed by atoms with Crippen molar-refractivity contribution in [1.82, 2.24) is 10.1 Å². The van der Waals surface area contributed by atoms with E-state index in [1.807, 2.05) is 41.3 Å². The van der Waals surface area contributed by atoms with Gasteiger partial charge in [0, 0.05) is 40.4 Å². The van der Waals surface area contributed by atoms with Crippen LogP contribution in [0.1, 0.15) is 18.6 Å². The number of benzene rings is 2. The van der Waals surface area contributed by atoms with Gasteiger partial charge in [-0.3, -0.25) is 9.59 Å². The Hall–Kier alpha value is -2.51. The van der Waals surface area contributed by atoms with Crippen LogP contribution in [0.15, 0.2) is 51.9 Å². The molecule has 1 fully saturated rings. The number of piperidine rings is 1. The van der Waals surface area contributed by atoms with Gasteiger partial charge in [0.1, 0.15) is 5.76 Å². The van der Waals surface area contributed by atoms with E-state index in [-0.39, 0.29) is 17.7 Å². The van der Waals surface area contributed by atoms with E-state index in [4.69, 9.17) is 16.1 Å². The summed E-state index contributed by atoms with van der Waals surface area (Å²) >= 11 is 7.88. The lowest BCUT2D eigenvalue weighted by atomic mass is 9.96. The number of thioether (sulfide) groups is 1. The van der Waals surface area contributed by atoms with Crippen LogP contribution in [0, 0.1) is 12.8 Å². The van der Waals surface area contributed by atoms with Crippen molar-refractivity contribution >= 4 is 51.8 Å². The molecule has 1 N–H and O–H groups in total. The van der Waals surface area contributed by atoms with Crippen LogP contribution in [-0.4, -0.2) is 40.7 Å². The molecule has 0 aliphatic carbocycles. The highest BCUT2D eigenvalue weighted by Crippen LogP contribution is 2.33. The number of aryl methyl sites for hydroxylation is 1. The van der Waals surface area contributed by atoms with Crippen LogP contribution in [0.25, 0.3) is 10.8 Å². The predicted octanol–water partition coefficient (Wildman–Crippen LogP) is 4.76. The lowest BCUT2D eigenvalue weighted by molar-refractivity contribution is -0.132. The number of halogens is 1. The smallest absolute Gasteiger partial charge is 0.232 e. The van der Waals surface area contributed by atoms with Crippen LogP contribution >= 0.6 is 23.4 Å². The molecule has 0 atom stereocenters. The lowest BCUT2D eigenvalue weighted by Gasteiger charge is -2.31. The monoisotopic (exact) mass is 443 g/mol. The number of likely N-dealkylation sites (tertiary alicyclic amines) is 1. The van der Waals surface area contributed by atoms with Crippen LogP contribution in [0.3, 0.4) is 0 Å². The van der Waals surface area contributed by atoms with Crippen molar-refractivity contribution < 1.29 is 14.1 Å². The number of anilines is 1. The molecular weight excluding hydrogens is 422 g/mol. The van der Waals surface area contributed by atoms with E-state index in [0.717, 1.165) is 15.7 Å². The van der Waals surface area contributed by atoms with Gasteiger partial charge in [-0.25, -0.2) is 0 Å². The Morgan fingerprint density at radius 2 is 1.97 bits per heavy atom. The molecule has 0 spiro atoms. The zero-order valence-electron chi connectivity index (χ0n) is 16.6. The summed E-state index contributed by atoms with van der Waals surface area (Å²) in [5, 5.41) is 9.31. The van der Waals surface area contributed by atoms with Crippen molar-refractivity contribution in [2.75, 3.05) is 24.2 Å². The lowest BCUT2D eigenvalue weighted by Crippen LogP contribution is -2.42. The van der Waals surface area contributed by atoms with Gasteiger partial charge in [0.25, 0.3) is 0 Å². The second kappa shape index (κ2) is 9.10. The van der Waals surface area contributed by atoms with Crippen LogP contribution in [0.2, 0.25) is 5.02 Å². The van der Waals surface area contributed by atoms with Crippen molar-refractivity contribution in [3.63, 3.8) is 0 Å². The number of fused-ring (bicyclic) bond motifs is 1. The number of carbonyl (C=O) groups is 2. The Balaban J connectivity index is 1.30. The van der Waals surface area contributed by atoms with Crippen molar-refractivity contribution in [2.24, 2.45) is 5.92 Å². The molecule has 156 valence electrons. The number of hydrogen-bond acceptors (Lipinski definition) is 5. The molecule has 2 heterocycles. The van der Waals surface area contributed by atoms with Crippen molar-refractivity contribution in [1.29, 1.82) is 0 Å². The quantitative estimate of drug-likeness (QED) is 0.575. The fourth-order valence-corrected chi connectivity index (χ4v) is 5.01. The summed E-state index contributed by atoms with van der Waals surface area (Å²) in [5.41, 5.74) is 0. The molecule has 1 aromatic heterocycles. The summed E-state index contributed by atoms with van der Waals surface area (Å²) in [7, 11) is 0. The normalized spacial score (nSPS) is 14.8. The molecule has 8 heteroatoms. The fraction of sp³-hybridized carbons (Fsp3) is 0.318. The second-order valence-corrected chi connectivity index (χ2v) is 8.77. The van der Waals surface area contributed by atoms with Crippen molar-refractivity contribution in [3.05, 3.63) is 53.2 Å². The minimum atomic E-state index is -0.129. The minimum absolute atomic E-state index is 0.0739. The topological polar surface area (TPSA) is 75.4 Å². The molecule has 6 nitrogen and oxygen atoms in total. The van der Waals surface area contributed by atoms with E-state index in [2.05, 4.69) is 10.5 Å². The molecule has 0 saturated carbocycles. The Morgan fingerprint density at radius 3 is 2.67 bits per heavy atom. The van der Waals surface area contributed by atoms with E-state index in [1.54, 1.807) is 13.0 Å². The molecule has 0 bridgehead atoms. The molecule has 0 unspecified atom stereocenters. The SMILES string of the molecule is Cc1cc(NC(=O)C2CCN(C(=O)CSc3cccc4cccc(Cl)c34)CC2)no1. The van der Waals surface area contributed by atoms with Gasteiger partial charge in [-0.2, -0.15) is 0 Å². The number of hydrogen-bond donors (Lipinski definition) is 1. The Kier molecular flexibility index (Phi) is 6.29. The highest BCUT2D eigenvalue weighted by molar-refractivity contribution is 8.00. The largest absolute Gasteiger partial charge is 0.360 e. The van der Waals surface area contributed by atoms with Crippen LogP contribution in [-0.2, 0) is 9.59 Å². The zero-order valence-corrected chi connectivity index (χ0v) is 18.1. The number of aromatic nitrogens is 1. The highest BCUT2D eigenvalue weighted by atomic mass is 35.5. The van der Waals surface area contributed by atoms with E-state index in [1.165, 1.54) is 11.8 Å². The highest BCUT2D eigenvalue weighted by Gasteiger charge is 2.27. The van der Waals surface area contributed by atoms with E-state index >= 15 is 0 Å². The molecule has 30 heavy (non-hydrogen) atoms. The molecule has 2 aromatic carbocycles. The van der Waals surface area contributed by atoms with Gasteiger partial charge in [-0.05, 0) is 37.3 Å². The van der Waals surface area contributed by atoms with E-state index in [0.29, 0.717) is 48.3 Å². The minimum Gasteiger partial charge on any atom is -0.360 e. The van der Waals surface area contributed by atoms with Gasteiger partial charge >= 0.3 is 0 Å². The molecular formula is C22H22ClN3O3S. The summed E-state index contributed by atoms with van der Waals surface area (Å²) < 4.78 is 4.97. The molecule has 4 rings (SSSR count). The van der Waals surface area contributed by atoms with Gasteiger partial charge in [-0.1, -0.05) is 41.0 Å². The van der Waals surface area contributed by atoms with Crippen LogP contribution in [0.5, 0.6) is 0 Å². The van der Waals surface area contributed by atoms with Crippen molar-refractivity contribution in [2.45, 2.75) is 24.7 Å². The number of nitrogens with one attached hydrogen (secondary N) is 1. The molecule has 2 amide bonds. The summed E-state index contributed by atoms with van der Waals surface area (Å²) in [5.74, 6) is 1.30. The van der Waals surface area contributed by atoms with E-state index in [9.17, 15) is 9.59 Å². The average Bonchev–Trinajstić information content (AvgIpc) is 3.16. The average molecular weight is 444 g/mol. The first kappa shape index (κ1) is 20.8. The maximum absolute atomic E-state index is 12.7. The third-order valence-corrected chi connectivity index (χ3v) is 6.62. The number of carbonyl (C=O) groups excluding carboxylic acids is 2. The number of nitrogens with zero attached hydrogens (tertiary/aromatic N) is 2. The molecule has 1 aliphatic rings. The summed E-state index contributed by atoms with van der Waals surface area (Å²) in [6.45, 7) is 2.92. The Labute approximate surface area is 183 Å². The maximum Gasteiger partial charge on any atom is 0.232 e. The number of rotatable bonds is 5. The third kappa shape index (κ3) is 4.63. The van der Waals surface area contributed by atoms with Gasteiger partial charge < -0.3 is 14.7 Å².